The zero-order valence-electron chi connectivity index (χ0n) is 13.0. The molecular weight excluding hydrogens is 280 g/mol. The Balaban J connectivity index is 2.00. The van der Waals surface area contributed by atoms with Gasteiger partial charge in [-0.2, -0.15) is 12.6 Å². The Kier molecular flexibility index (Phi) is 9.19. The fourth-order valence-corrected chi connectivity index (χ4v) is 2.36. The van der Waals surface area contributed by atoms with E-state index in [0.717, 1.165) is 45.1 Å². The van der Waals surface area contributed by atoms with Gasteiger partial charge in [0.2, 0.25) is 5.91 Å². The van der Waals surface area contributed by atoms with Gasteiger partial charge in [-0.05, 0) is 38.2 Å². The fourth-order valence-electron chi connectivity index (χ4n) is 2.18. The normalized spacial score (nSPS) is 12.1. The van der Waals surface area contributed by atoms with E-state index >= 15 is 0 Å². The summed E-state index contributed by atoms with van der Waals surface area (Å²) < 4.78 is 0. The maximum atomic E-state index is 11.7. The Morgan fingerprint density at radius 2 is 1.90 bits per heavy atom. The number of amides is 1. The van der Waals surface area contributed by atoms with Gasteiger partial charge in [-0.25, -0.2) is 0 Å². The Morgan fingerprint density at radius 1 is 1.19 bits per heavy atom. The SMILES string of the molecule is Cc1ccc(CCCC(=O)NCCCCCC(N)S)cc1. The van der Waals surface area contributed by atoms with E-state index in [2.05, 4.69) is 49.1 Å². The van der Waals surface area contributed by atoms with Crippen molar-refractivity contribution in [2.24, 2.45) is 5.73 Å². The zero-order chi connectivity index (χ0) is 15.5. The summed E-state index contributed by atoms with van der Waals surface area (Å²) >= 11 is 4.14. The second-order valence-electron chi connectivity index (χ2n) is 5.61. The first-order valence-corrected chi connectivity index (χ1v) is 8.35. The van der Waals surface area contributed by atoms with Gasteiger partial charge in [-0.15, -0.1) is 0 Å². The highest BCUT2D eigenvalue weighted by molar-refractivity contribution is 7.80. The van der Waals surface area contributed by atoms with Crippen molar-refractivity contribution in [2.75, 3.05) is 6.54 Å². The molecule has 0 spiro atoms. The minimum absolute atomic E-state index is 0.0126. The van der Waals surface area contributed by atoms with Crippen LogP contribution in [0.25, 0.3) is 0 Å². The number of carbonyl (C=O) groups excluding carboxylic acids is 1. The van der Waals surface area contributed by atoms with E-state index in [1.54, 1.807) is 0 Å². The van der Waals surface area contributed by atoms with Gasteiger partial charge in [-0.3, -0.25) is 4.79 Å². The first-order valence-electron chi connectivity index (χ1n) is 7.84. The molecule has 0 saturated heterocycles. The number of unbranched alkanes of at least 4 members (excludes halogenated alkanes) is 2. The molecule has 3 nitrogen and oxygen atoms in total. The van der Waals surface area contributed by atoms with Crippen LogP contribution in [-0.4, -0.2) is 17.8 Å². The molecule has 118 valence electrons. The van der Waals surface area contributed by atoms with E-state index in [9.17, 15) is 4.79 Å². The molecule has 0 saturated carbocycles. The van der Waals surface area contributed by atoms with Crippen molar-refractivity contribution in [3.8, 4) is 0 Å². The molecule has 0 aromatic heterocycles. The van der Waals surface area contributed by atoms with Crippen LogP contribution in [0, 0.1) is 6.92 Å². The van der Waals surface area contributed by atoms with Crippen LogP contribution in [-0.2, 0) is 11.2 Å². The van der Waals surface area contributed by atoms with Gasteiger partial charge < -0.3 is 11.1 Å². The highest BCUT2D eigenvalue weighted by Gasteiger charge is 2.01. The van der Waals surface area contributed by atoms with Crippen LogP contribution < -0.4 is 11.1 Å². The Bertz CT molecular complexity index is 404. The number of aryl methyl sites for hydroxylation is 2. The molecule has 0 heterocycles. The maximum absolute atomic E-state index is 11.7. The third kappa shape index (κ3) is 9.53. The van der Waals surface area contributed by atoms with Gasteiger partial charge in [-0.1, -0.05) is 42.7 Å². The highest BCUT2D eigenvalue weighted by atomic mass is 32.1. The van der Waals surface area contributed by atoms with Gasteiger partial charge in [0.1, 0.15) is 0 Å². The summed E-state index contributed by atoms with van der Waals surface area (Å²) in [6.45, 7) is 2.85. The third-order valence-corrected chi connectivity index (χ3v) is 3.75. The lowest BCUT2D eigenvalue weighted by atomic mass is 10.1. The summed E-state index contributed by atoms with van der Waals surface area (Å²) in [5.41, 5.74) is 8.14. The van der Waals surface area contributed by atoms with Crippen LogP contribution in [0.3, 0.4) is 0 Å². The number of nitrogens with one attached hydrogen (secondary N) is 1. The van der Waals surface area contributed by atoms with E-state index in [-0.39, 0.29) is 11.3 Å². The predicted molar refractivity (Wildman–Crippen MR) is 92.6 cm³/mol. The second kappa shape index (κ2) is 10.7. The zero-order valence-corrected chi connectivity index (χ0v) is 13.9. The van der Waals surface area contributed by atoms with Crippen LogP contribution in [0.15, 0.2) is 24.3 Å². The third-order valence-electron chi connectivity index (χ3n) is 3.49. The maximum Gasteiger partial charge on any atom is 0.220 e. The van der Waals surface area contributed by atoms with Gasteiger partial charge in [0.15, 0.2) is 0 Å². The first kappa shape index (κ1) is 18.1. The quantitative estimate of drug-likeness (QED) is 0.353. The molecular formula is C17H28N2OS. The average Bonchev–Trinajstić information content (AvgIpc) is 2.44. The Morgan fingerprint density at radius 3 is 2.57 bits per heavy atom. The van der Waals surface area contributed by atoms with Crippen molar-refractivity contribution in [3.05, 3.63) is 35.4 Å². The van der Waals surface area contributed by atoms with Crippen molar-refractivity contribution in [3.63, 3.8) is 0 Å². The summed E-state index contributed by atoms with van der Waals surface area (Å²) in [5.74, 6) is 0.160. The molecule has 0 aliphatic carbocycles. The molecule has 1 aromatic carbocycles. The second-order valence-corrected chi connectivity index (χ2v) is 6.27. The van der Waals surface area contributed by atoms with Crippen LogP contribution in [0.2, 0.25) is 0 Å². The summed E-state index contributed by atoms with van der Waals surface area (Å²) in [7, 11) is 0. The molecule has 0 aliphatic rings. The molecule has 1 aromatic rings. The lowest BCUT2D eigenvalue weighted by Gasteiger charge is -2.06. The summed E-state index contributed by atoms with van der Waals surface area (Å²) in [5, 5.41) is 2.96. The summed E-state index contributed by atoms with van der Waals surface area (Å²) in [6, 6.07) is 8.51. The van der Waals surface area contributed by atoms with Crippen LogP contribution in [0.5, 0.6) is 0 Å². The van der Waals surface area contributed by atoms with Crippen LogP contribution in [0.4, 0.5) is 0 Å². The van der Waals surface area contributed by atoms with E-state index in [1.807, 2.05) is 0 Å². The van der Waals surface area contributed by atoms with Crippen LogP contribution in [0.1, 0.15) is 49.7 Å². The molecule has 0 fully saturated rings. The first-order chi connectivity index (χ1) is 10.1. The largest absolute Gasteiger partial charge is 0.356 e. The van der Waals surface area contributed by atoms with Crippen molar-refractivity contribution >= 4 is 18.5 Å². The number of carbonyl (C=O) groups is 1. The monoisotopic (exact) mass is 308 g/mol. The number of thiol groups is 1. The average molecular weight is 308 g/mol. The number of rotatable bonds is 10. The predicted octanol–water partition coefficient (Wildman–Crippen LogP) is 3.21. The Hall–Kier alpha value is -1.00. The van der Waals surface area contributed by atoms with Crippen molar-refractivity contribution in [2.45, 2.75) is 57.2 Å². The van der Waals surface area contributed by atoms with Gasteiger partial charge in [0.05, 0.1) is 0 Å². The van der Waals surface area contributed by atoms with E-state index in [0.29, 0.717) is 6.42 Å². The summed E-state index contributed by atoms with van der Waals surface area (Å²) in [4.78, 5) is 11.7. The molecule has 1 rings (SSSR count). The standard InChI is InChI=1S/C17H28N2OS/c1-14-9-11-15(12-10-14)6-5-8-17(20)19-13-4-2-3-7-16(18)21/h9-12,16,21H,2-8,13,18H2,1H3,(H,19,20). The van der Waals surface area contributed by atoms with E-state index in [4.69, 9.17) is 5.73 Å². The van der Waals surface area contributed by atoms with Gasteiger partial charge in [0, 0.05) is 18.3 Å². The number of benzene rings is 1. The number of hydrogen-bond donors (Lipinski definition) is 3. The molecule has 0 aliphatic heterocycles. The number of hydrogen-bond acceptors (Lipinski definition) is 3. The van der Waals surface area contributed by atoms with Crippen molar-refractivity contribution < 1.29 is 4.79 Å². The Labute approximate surface area is 134 Å². The highest BCUT2D eigenvalue weighted by Crippen LogP contribution is 2.07. The number of nitrogens with two attached hydrogens (primary N) is 1. The fraction of sp³-hybridized carbons (Fsp3) is 0.588. The van der Waals surface area contributed by atoms with Gasteiger partial charge >= 0.3 is 0 Å². The smallest absolute Gasteiger partial charge is 0.220 e. The van der Waals surface area contributed by atoms with Crippen molar-refractivity contribution in [1.82, 2.24) is 5.32 Å². The molecule has 0 bridgehead atoms. The van der Waals surface area contributed by atoms with Crippen LogP contribution >= 0.6 is 12.6 Å². The lowest BCUT2D eigenvalue weighted by molar-refractivity contribution is -0.121. The van der Waals surface area contributed by atoms with Crippen molar-refractivity contribution in [1.29, 1.82) is 0 Å². The van der Waals surface area contributed by atoms with E-state index < -0.39 is 0 Å². The topological polar surface area (TPSA) is 55.1 Å². The lowest BCUT2D eigenvalue weighted by Crippen LogP contribution is -2.24. The molecule has 21 heavy (non-hydrogen) atoms. The van der Waals surface area contributed by atoms with E-state index in [1.165, 1.54) is 11.1 Å². The summed E-state index contributed by atoms with van der Waals surface area (Å²) in [6.07, 6.45) is 6.61. The minimum atomic E-state index is -0.0126. The molecule has 0 radical (unpaired) electrons. The molecule has 1 amide bonds. The molecule has 4 heteroatoms. The molecule has 1 atom stereocenters. The molecule has 1 unspecified atom stereocenters. The van der Waals surface area contributed by atoms with Gasteiger partial charge in [0.25, 0.3) is 0 Å². The molecule has 3 N–H and O–H groups in total. The minimum Gasteiger partial charge on any atom is -0.356 e.